The average Bonchev–Trinajstić information content (AvgIpc) is 2.83. The number of carbonyl (C=O) groups excluding carboxylic acids is 1. The molecule has 2 unspecified atom stereocenters. The third kappa shape index (κ3) is 3.18. The van der Waals surface area contributed by atoms with Crippen LogP contribution in [-0.2, 0) is 9.53 Å². The maximum Gasteiger partial charge on any atom is 0.329 e. The van der Waals surface area contributed by atoms with Crippen LogP contribution in [0.3, 0.4) is 0 Å². The number of carboxylic acids is 1. The van der Waals surface area contributed by atoms with E-state index in [0.29, 0.717) is 26.0 Å². The van der Waals surface area contributed by atoms with Gasteiger partial charge in [0.1, 0.15) is 5.54 Å². The van der Waals surface area contributed by atoms with E-state index in [1.807, 2.05) is 13.8 Å². The summed E-state index contributed by atoms with van der Waals surface area (Å²) in [7, 11) is 1.58. The SMILES string of the molecule is CCC(COC)NC(=O)N1CCCC1(CC)C(=O)O. The number of methoxy groups -OCH3 is 1. The lowest BCUT2D eigenvalue weighted by Crippen LogP contribution is -2.57. The highest BCUT2D eigenvalue weighted by Gasteiger charge is 2.48. The highest BCUT2D eigenvalue weighted by molar-refractivity contribution is 5.87. The number of amides is 2. The van der Waals surface area contributed by atoms with Crippen molar-refractivity contribution in [2.75, 3.05) is 20.3 Å². The van der Waals surface area contributed by atoms with Crippen LogP contribution < -0.4 is 5.32 Å². The summed E-state index contributed by atoms with van der Waals surface area (Å²) in [5.74, 6) is -0.914. The van der Waals surface area contributed by atoms with Gasteiger partial charge in [0.2, 0.25) is 0 Å². The molecular formula is C13H24N2O4. The number of likely N-dealkylation sites (tertiary alicyclic amines) is 1. The standard InChI is InChI=1S/C13H24N2O4/c1-4-10(9-19-3)14-12(18)15-8-6-7-13(15,5-2)11(16)17/h10H,4-9H2,1-3H3,(H,14,18)(H,16,17). The summed E-state index contributed by atoms with van der Waals surface area (Å²) in [6, 6.07) is -0.382. The highest BCUT2D eigenvalue weighted by Crippen LogP contribution is 2.32. The Morgan fingerprint density at radius 3 is 2.63 bits per heavy atom. The van der Waals surface area contributed by atoms with Crippen LogP contribution in [0.4, 0.5) is 4.79 Å². The molecule has 0 aromatic rings. The molecule has 1 saturated heterocycles. The van der Waals surface area contributed by atoms with Gasteiger partial charge in [0.25, 0.3) is 0 Å². The maximum atomic E-state index is 12.3. The summed E-state index contributed by atoms with van der Waals surface area (Å²) in [5, 5.41) is 12.3. The van der Waals surface area contributed by atoms with Gasteiger partial charge >= 0.3 is 12.0 Å². The van der Waals surface area contributed by atoms with Crippen molar-refractivity contribution >= 4 is 12.0 Å². The second kappa shape index (κ2) is 6.75. The molecule has 0 spiro atoms. The van der Waals surface area contributed by atoms with Crippen LogP contribution >= 0.6 is 0 Å². The van der Waals surface area contributed by atoms with E-state index in [1.54, 1.807) is 7.11 Å². The number of ether oxygens (including phenoxy) is 1. The molecule has 2 amide bonds. The van der Waals surface area contributed by atoms with Crippen LogP contribution in [0.1, 0.15) is 39.5 Å². The lowest BCUT2D eigenvalue weighted by molar-refractivity contribution is -0.148. The maximum absolute atomic E-state index is 12.3. The fraction of sp³-hybridized carbons (Fsp3) is 0.846. The van der Waals surface area contributed by atoms with Crippen LogP contribution in [0, 0.1) is 0 Å². The van der Waals surface area contributed by atoms with E-state index < -0.39 is 11.5 Å². The minimum atomic E-state index is -1.05. The Hall–Kier alpha value is -1.30. The Morgan fingerprint density at radius 1 is 1.47 bits per heavy atom. The van der Waals surface area contributed by atoms with Gasteiger partial charge < -0.3 is 20.1 Å². The van der Waals surface area contributed by atoms with Gasteiger partial charge in [-0.15, -0.1) is 0 Å². The lowest BCUT2D eigenvalue weighted by atomic mass is 9.93. The van der Waals surface area contributed by atoms with Crippen LogP contribution in [0.2, 0.25) is 0 Å². The molecule has 110 valence electrons. The molecule has 6 nitrogen and oxygen atoms in total. The number of carbonyl (C=O) groups is 2. The molecule has 0 radical (unpaired) electrons. The van der Waals surface area contributed by atoms with Crippen molar-refractivity contribution in [3.8, 4) is 0 Å². The molecule has 0 bridgehead atoms. The number of nitrogens with one attached hydrogen (secondary N) is 1. The van der Waals surface area contributed by atoms with Gasteiger partial charge in [-0.1, -0.05) is 13.8 Å². The zero-order valence-electron chi connectivity index (χ0n) is 11.9. The fourth-order valence-corrected chi connectivity index (χ4v) is 2.63. The van der Waals surface area contributed by atoms with Crippen molar-refractivity contribution in [1.29, 1.82) is 0 Å². The van der Waals surface area contributed by atoms with Crippen LogP contribution in [0.15, 0.2) is 0 Å². The van der Waals surface area contributed by atoms with Gasteiger partial charge in [-0.3, -0.25) is 0 Å². The first-order valence-corrected chi connectivity index (χ1v) is 6.82. The first kappa shape index (κ1) is 15.8. The smallest absolute Gasteiger partial charge is 0.329 e. The zero-order chi connectivity index (χ0) is 14.5. The molecule has 0 aromatic carbocycles. The molecular weight excluding hydrogens is 248 g/mol. The van der Waals surface area contributed by atoms with E-state index in [9.17, 15) is 14.7 Å². The molecule has 0 saturated carbocycles. The predicted molar refractivity (Wildman–Crippen MR) is 71.1 cm³/mol. The quantitative estimate of drug-likeness (QED) is 0.767. The molecule has 1 fully saturated rings. The number of rotatable bonds is 6. The van der Waals surface area contributed by atoms with E-state index in [1.165, 1.54) is 4.90 Å². The minimum Gasteiger partial charge on any atom is -0.479 e. The Morgan fingerprint density at radius 2 is 2.16 bits per heavy atom. The Labute approximate surface area is 114 Å². The largest absolute Gasteiger partial charge is 0.479 e. The van der Waals surface area contributed by atoms with Crippen molar-refractivity contribution in [3.63, 3.8) is 0 Å². The van der Waals surface area contributed by atoms with Gasteiger partial charge in [0, 0.05) is 13.7 Å². The average molecular weight is 272 g/mol. The van der Waals surface area contributed by atoms with Gasteiger partial charge in [0.15, 0.2) is 0 Å². The first-order chi connectivity index (χ1) is 9.01. The summed E-state index contributed by atoms with van der Waals surface area (Å²) < 4.78 is 5.03. The summed E-state index contributed by atoms with van der Waals surface area (Å²) in [6.07, 6.45) is 2.43. The minimum absolute atomic E-state index is 0.0820. The van der Waals surface area contributed by atoms with Gasteiger partial charge in [-0.25, -0.2) is 9.59 Å². The van der Waals surface area contributed by atoms with Crippen LogP contribution in [0.25, 0.3) is 0 Å². The molecule has 6 heteroatoms. The number of urea groups is 1. The van der Waals surface area contributed by atoms with Crippen molar-refractivity contribution in [1.82, 2.24) is 10.2 Å². The summed E-state index contributed by atoms with van der Waals surface area (Å²) >= 11 is 0. The number of nitrogens with zero attached hydrogens (tertiary/aromatic N) is 1. The van der Waals surface area contributed by atoms with E-state index in [-0.39, 0.29) is 12.1 Å². The van der Waals surface area contributed by atoms with Gasteiger partial charge in [0.05, 0.1) is 12.6 Å². The van der Waals surface area contributed by atoms with Crippen molar-refractivity contribution < 1.29 is 19.4 Å². The second-order valence-electron chi connectivity index (χ2n) is 4.96. The van der Waals surface area contributed by atoms with E-state index in [0.717, 1.165) is 12.8 Å². The summed E-state index contributed by atoms with van der Waals surface area (Å²) in [6.45, 7) is 4.70. The van der Waals surface area contributed by atoms with E-state index in [2.05, 4.69) is 5.32 Å². The van der Waals surface area contributed by atoms with Crippen LogP contribution in [0.5, 0.6) is 0 Å². The fourth-order valence-electron chi connectivity index (χ4n) is 2.63. The normalized spacial score (nSPS) is 24.3. The number of hydrogen-bond acceptors (Lipinski definition) is 3. The molecule has 0 aliphatic carbocycles. The Kier molecular flexibility index (Phi) is 5.60. The zero-order valence-corrected chi connectivity index (χ0v) is 11.9. The third-order valence-electron chi connectivity index (χ3n) is 3.91. The van der Waals surface area contributed by atoms with Crippen molar-refractivity contribution in [2.45, 2.75) is 51.1 Å². The number of hydrogen-bond donors (Lipinski definition) is 2. The molecule has 2 atom stereocenters. The van der Waals surface area contributed by atoms with Gasteiger partial charge in [-0.05, 0) is 25.7 Å². The Balaban J connectivity index is 2.77. The van der Waals surface area contributed by atoms with E-state index >= 15 is 0 Å². The number of carboxylic acid groups (broad SMARTS) is 1. The number of aliphatic carboxylic acids is 1. The molecule has 2 N–H and O–H groups in total. The monoisotopic (exact) mass is 272 g/mol. The summed E-state index contributed by atoms with van der Waals surface area (Å²) in [4.78, 5) is 25.2. The Bertz CT molecular complexity index is 335. The van der Waals surface area contributed by atoms with Crippen LogP contribution in [-0.4, -0.2) is 53.8 Å². The molecule has 19 heavy (non-hydrogen) atoms. The molecule has 1 rings (SSSR count). The molecule has 1 heterocycles. The van der Waals surface area contributed by atoms with Crippen molar-refractivity contribution in [2.24, 2.45) is 0 Å². The molecule has 0 aromatic heterocycles. The predicted octanol–water partition coefficient (Wildman–Crippen LogP) is 1.45. The van der Waals surface area contributed by atoms with E-state index in [4.69, 9.17) is 4.74 Å². The highest BCUT2D eigenvalue weighted by atomic mass is 16.5. The third-order valence-corrected chi connectivity index (χ3v) is 3.91. The second-order valence-corrected chi connectivity index (χ2v) is 4.96. The molecule has 1 aliphatic rings. The van der Waals surface area contributed by atoms with Crippen molar-refractivity contribution in [3.05, 3.63) is 0 Å². The molecule has 1 aliphatic heterocycles. The summed E-state index contributed by atoms with van der Waals surface area (Å²) in [5.41, 5.74) is -1.05. The van der Waals surface area contributed by atoms with Gasteiger partial charge in [-0.2, -0.15) is 0 Å². The topological polar surface area (TPSA) is 78.9 Å². The first-order valence-electron chi connectivity index (χ1n) is 6.82. The lowest BCUT2D eigenvalue weighted by Gasteiger charge is -2.34.